The van der Waals surface area contributed by atoms with E-state index in [-0.39, 0.29) is 35.1 Å². The molecule has 0 aliphatic carbocycles. The topological polar surface area (TPSA) is 155 Å². The van der Waals surface area contributed by atoms with Gasteiger partial charge in [-0.2, -0.15) is 5.26 Å². The molecule has 1 aromatic heterocycles. The number of rotatable bonds is 7. The van der Waals surface area contributed by atoms with Crippen molar-refractivity contribution in [2.45, 2.75) is 19.4 Å². The number of nitro groups is 2. The van der Waals surface area contributed by atoms with Crippen LogP contribution in [0.15, 0.2) is 65.5 Å². The van der Waals surface area contributed by atoms with Crippen LogP contribution in [0, 0.1) is 31.6 Å². The number of aromatic nitrogens is 1. The summed E-state index contributed by atoms with van der Waals surface area (Å²) in [5.74, 6) is -0.819. The first-order valence-electron chi connectivity index (χ1n) is 9.81. The molecule has 11 nitrogen and oxygen atoms in total. The molecule has 3 rings (SSSR count). The van der Waals surface area contributed by atoms with Crippen LogP contribution >= 0.6 is 11.6 Å². The summed E-state index contributed by atoms with van der Waals surface area (Å²) in [5.41, 5.74) is 6.95. The fourth-order valence-electron chi connectivity index (χ4n) is 3.73. The van der Waals surface area contributed by atoms with Gasteiger partial charge < -0.3 is 15.5 Å². The van der Waals surface area contributed by atoms with E-state index in [1.807, 2.05) is 13.0 Å². The van der Waals surface area contributed by atoms with Gasteiger partial charge >= 0.3 is 0 Å². The molecule has 1 aliphatic rings. The molecule has 1 aliphatic heterocycles. The SMILES string of the molecule is CCN(Cc1ccc(Cl)nc1)C1=C([N+](=O)[O-])C(c2ccc([N+](=O)[O-])cc2)C(C#N)=C(N)N1C. The molecule has 0 bridgehead atoms. The number of non-ortho nitro benzene ring substituents is 1. The van der Waals surface area contributed by atoms with E-state index in [0.29, 0.717) is 17.3 Å². The second-order valence-electron chi connectivity index (χ2n) is 7.22. The Balaban J connectivity index is 2.18. The summed E-state index contributed by atoms with van der Waals surface area (Å²) in [6.07, 6.45) is 1.58. The van der Waals surface area contributed by atoms with Crippen molar-refractivity contribution in [2.75, 3.05) is 13.6 Å². The first-order chi connectivity index (χ1) is 15.7. The highest BCUT2D eigenvalue weighted by atomic mass is 35.5. The Kier molecular flexibility index (Phi) is 6.79. The number of pyridine rings is 1. The van der Waals surface area contributed by atoms with E-state index in [2.05, 4.69) is 4.98 Å². The minimum atomic E-state index is -1.10. The number of hydrogen-bond acceptors (Lipinski definition) is 9. The van der Waals surface area contributed by atoms with E-state index in [0.717, 1.165) is 5.56 Å². The Hall–Kier alpha value is -4.17. The van der Waals surface area contributed by atoms with Crippen LogP contribution in [0.2, 0.25) is 5.15 Å². The van der Waals surface area contributed by atoms with Crippen molar-refractivity contribution >= 4 is 17.3 Å². The maximum absolute atomic E-state index is 12.3. The van der Waals surface area contributed by atoms with Gasteiger partial charge in [0.25, 0.3) is 11.4 Å². The molecule has 0 spiro atoms. The molecule has 0 radical (unpaired) electrons. The van der Waals surface area contributed by atoms with Crippen LogP contribution in [0.5, 0.6) is 0 Å². The molecule has 0 fully saturated rings. The van der Waals surface area contributed by atoms with E-state index in [9.17, 15) is 25.5 Å². The van der Waals surface area contributed by atoms with Gasteiger partial charge in [0.2, 0.25) is 0 Å². The zero-order chi connectivity index (χ0) is 24.3. The van der Waals surface area contributed by atoms with Crippen LogP contribution in [0.25, 0.3) is 0 Å². The highest BCUT2D eigenvalue weighted by Crippen LogP contribution is 2.41. The minimum absolute atomic E-state index is 0.00832. The predicted octanol–water partition coefficient (Wildman–Crippen LogP) is 3.33. The van der Waals surface area contributed by atoms with Crippen LogP contribution in [-0.4, -0.2) is 38.2 Å². The summed E-state index contributed by atoms with van der Waals surface area (Å²) >= 11 is 5.86. The molecule has 1 unspecified atom stereocenters. The summed E-state index contributed by atoms with van der Waals surface area (Å²) in [7, 11) is 1.56. The standard InChI is InChI=1S/C21H20ClN7O4/c1-3-27(12-13-4-9-17(22)25-11-13)21-19(29(32)33)18(16(10-23)20(24)26(21)2)14-5-7-15(8-6-14)28(30)31/h4-9,11,18H,3,12,24H2,1-2H3. The molecule has 33 heavy (non-hydrogen) atoms. The quantitative estimate of drug-likeness (QED) is 0.365. The largest absolute Gasteiger partial charge is 0.384 e. The van der Waals surface area contributed by atoms with Crippen molar-refractivity contribution in [1.82, 2.24) is 14.8 Å². The Morgan fingerprint density at radius 3 is 2.36 bits per heavy atom. The van der Waals surface area contributed by atoms with E-state index < -0.39 is 15.8 Å². The third kappa shape index (κ3) is 4.56. The maximum atomic E-state index is 12.3. The van der Waals surface area contributed by atoms with Crippen molar-refractivity contribution in [3.63, 3.8) is 0 Å². The van der Waals surface area contributed by atoms with Crippen molar-refractivity contribution in [3.05, 3.63) is 102 Å². The Morgan fingerprint density at radius 2 is 1.88 bits per heavy atom. The Bertz CT molecular complexity index is 1190. The summed E-state index contributed by atoms with van der Waals surface area (Å²) in [6.45, 7) is 2.50. The molecule has 12 heteroatoms. The average molecular weight is 470 g/mol. The highest BCUT2D eigenvalue weighted by Gasteiger charge is 2.43. The van der Waals surface area contributed by atoms with Gasteiger partial charge in [0.05, 0.1) is 21.5 Å². The zero-order valence-electron chi connectivity index (χ0n) is 17.8. The number of nitro benzene ring substituents is 1. The molecule has 0 saturated carbocycles. The summed E-state index contributed by atoms with van der Waals surface area (Å²) < 4.78 is 0. The van der Waals surface area contributed by atoms with Gasteiger partial charge in [0.15, 0.2) is 5.82 Å². The second-order valence-corrected chi connectivity index (χ2v) is 7.61. The number of hydrogen-bond donors (Lipinski definition) is 1. The van der Waals surface area contributed by atoms with E-state index >= 15 is 0 Å². The number of allylic oxidation sites excluding steroid dienone is 1. The molecule has 2 N–H and O–H groups in total. The van der Waals surface area contributed by atoms with Gasteiger partial charge in [-0.25, -0.2) is 4.98 Å². The van der Waals surface area contributed by atoms with E-state index in [1.54, 1.807) is 30.3 Å². The number of nitriles is 1. The summed E-state index contributed by atoms with van der Waals surface area (Å²) in [6, 6.07) is 10.7. The van der Waals surface area contributed by atoms with Gasteiger partial charge in [-0.15, -0.1) is 0 Å². The molecular weight excluding hydrogens is 450 g/mol. The highest BCUT2D eigenvalue weighted by molar-refractivity contribution is 6.29. The third-order valence-electron chi connectivity index (χ3n) is 5.34. The van der Waals surface area contributed by atoms with Gasteiger partial charge in [-0.1, -0.05) is 29.8 Å². The molecule has 0 amide bonds. The van der Waals surface area contributed by atoms with Crippen molar-refractivity contribution in [3.8, 4) is 6.07 Å². The van der Waals surface area contributed by atoms with Gasteiger partial charge in [0.1, 0.15) is 16.9 Å². The molecular formula is C21H20ClN7O4. The molecule has 0 saturated heterocycles. The lowest BCUT2D eigenvalue weighted by Gasteiger charge is -2.37. The molecule has 1 aromatic carbocycles. The fraction of sp³-hybridized carbons (Fsp3) is 0.238. The van der Waals surface area contributed by atoms with Gasteiger partial charge in [-0.3, -0.25) is 20.2 Å². The fourth-order valence-corrected chi connectivity index (χ4v) is 3.84. The lowest BCUT2D eigenvalue weighted by molar-refractivity contribution is -0.433. The smallest absolute Gasteiger partial charge is 0.299 e. The second kappa shape index (κ2) is 9.54. The van der Waals surface area contributed by atoms with E-state index in [4.69, 9.17) is 17.3 Å². The van der Waals surface area contributed by atoms with Crippen LogP contribution in [0.1, 0.15) is 24.0 Å². The molecule has 1 atom stereocenters. The number of nitrogens with two attached hydrogens (primary N) is 1. The van der Waals surface area contributed by atoms with Crippen LogP contribution in [0.3, 0.4) is 0 Å². The average Bonchev–Trinajstić information content (AvgIpc) is 2.80. The predicted molar refractivity (Wildman–Crippen MR) is 120 cm³/mol. The Morgan fingerprint density at radius 1 is 1.21 bits per heavy atom. The molecule has 170 valence electrons. The minimum Gasteiger partial charge on any atom is -0.384 e. The lowest BCUT2D eigenvalue weighted by Crippen LogP contribution is -2.42. The normalized spacial score (nSPS) is 15.9. The van der Waals surface area contributed by atoms with Crippen molar-refractivity contribution in [1.29, 1.82) is 5.26 Å². The lowest BCUT2D eigenvalue weighted by atomic mass is 9.86. The molecule has 2 heterocycles. The number of halogens is 1. The number of benzene rings is 1. The van der Waals surface area contributed by atoms with Crippen LogP contribution < -0.4 is 5.73 Å². The molecule has 2 aromatic rings. The third-order valence-corrected chi connectivity index (χ3v) is 5.57. The first kappa shape index (κ1) is 23.5. The van der Waals surface area contributed by atoms with Crippen LogP contribution in [-0.2, 0) is 6.54 Å². The van der Waals surface area contributed by atoms with Crippen molar-refractivity contribution < 1.29 is 9.85 Å². The first-order valence-corrected chi connectivity index (χ1v) is 10.2. The zero-order valence-corrected chi connectivity index (χ0v) is 18.6. The van der Waals surface area contributed by atoms with Gasteiger partial charge in [-0.05, 0) is 24.1 Å². The maximum Gasteiger partial charge on any atom is 0.299 e. The van der Waals surface area contributed by atoms with Crippen LogP contribution in [0.4, 0.5) is 5.69 Å². The van der Waals surface area contributed by atoms with Crippen molar-refractivity contribution in [2.24, 2.45) is 5.73 Å². The summed E-state index contributed by atoms with van der Waals surface area (Å²) in [4.78, 5) is 29.5. The van der Waals surface area contributed by atoms with Gasteiger partial charge in [0, 0.05) is 38.5 Å². The van der Waals surface area contributed by atoms with E-state index in [1.165, 1.54) is 29.2 Å². The Labute approximate surface area is 194 Å². The number of nitrogens with zero attached hydrogens (tertiary/aromatic N) is 6. The monoisotopic (exact) mass is 469 g/mol. The summed E-state index contributed by atoms with van der Waals surface area (Å²) in [5, 5.41) is 33.5.